The maximum Gasteiger partial charge on any atom is 0.289 e. The Hall–Kier alpha value is -3.16. The number of alkyl halides is 1. The maximum absolute atomic E-state index is 15.0. The molecular weight excluding hydrogens is 411 g/mol. The smallest absolute Gasteiger partial charge is 0.289 e. The number of hydrogen-bond donors (Lipinski definition) is 1. The number of hydrogen-bond acceptors (Lipinski definition) is 6. The highest BCUT2D eigenvalue weighted by Crippen LogP contribution is 2.45. The van der Waals surface area contributed by atoms with Crippen LogP contribution in [-0.4, -0.2) is 59.5 Å². The SMILES string of the molecule is CN(C)C(=O)c1cc2cc(O)c(-c3ccc(N(C)[C@@H]4C[C@H]5CC[C@H](C5)[C@@H]4F)nn3)cc2o1. The molecule has 3 aromatic rings. The van der Waals surface area contributed by atoms with Gasteiger partial charge in [-0.1, -0.05) is 0 Å². The lowest BCUT2D eigenvalue weighted by molar-refractivity contribution is 0.0799. The number of anilines is 1. The Kier molecular flexibility index (Phi) is 5.03. The molecule has 0 radical (unpaired) electrons. The molecule has 0 unspecified atom stereocenters. The summed E-state index contributed by atoms with van der Waals surface area (Å²) in [7, 11) is 5.17. The molecule has 0 saturated heterocycles. The number of nitrogens with zero attached hydrogens (tertiary/aromatic N) is 4. The van der Waals surface area contributed by atoms with Gasteiger partial charge in [0.1, 0.15) is 17.5 Å². The van der Waals surface area contributed by atoms with Gasteiger partial charge in [0, 0.05) is 32.1 Å². The average molecular weight is 439 g/mol. The molecule has 2 heterocycles. The number of carbonyl (C=O) groups is 1. The fourth-order valence-electron chi connectivity index (χ4n) is 5.21. The average Bonchev–Trinajstić information content (AvgIpc) is 3.39. The molecule has 2 fully saturated rings. The molecule has 7 nitrogen and oxygen atoms in total. The van der Waals surface area contributed by atoms with Gasteiger partial charge in [0.15, 0.2) is 11.6 Å². The van der Waals surface area contributed by atoms with Crippen molar-refractivity contribution in [2.45, 2.75) is 37.9 Å². The van der Waals surface area contributed by atoms with Crippen LogP contribution < -0.4 is 4.90 Å². The number of fused-ring (bicyclic) bond motifs is 3. The van der Waals surface area contributed by atoms with Crippen LogP contribution in [0.5, 0.6) is 5.75 Å². The van der Waals surface area contributed by atoms with Gasteiger partial charge in [-0.15, -0.1) is 10.2 Å². The van der Waals surface area contributed by atoms with Crippen LogP contribution in [0.4, 0.5) is 10.2 Å². The zero-order valence-electron chi connectivity index (χ0n) is 18.5. The fraction of sp³-hybridized carbons (Fsp3) is 0.458. The van der Waals surface area contributed by atoms with Gasteiger partial charge < -0.3 is 19.3 Å². The Bertz CT molecular complexity index is 1160. The Morgan fingerprint density at radius 1 is 1.12 bits per heavy atom. The van der Waals surface area contributed by atoms with Crippen molar-refractivity contribution in [3.63, 3.8) is 0 Å². The molecule has 0 spiro atoms. The van der Waals surface area contributed by atoms with Gasteiger partial charge in [0.05, 0.1) is 11.7 Å². The summed E-state index contributed by atoms with van der Waals surface area (Å²) >= 11 is 0. The topological polar surface area (TPSA) is 82.7 Å². The van der Waals surface area contributed by atoms with E-state index in [2.05, 4.69) is 10.2 Å². The molecule has 8 heteroatoms. The van der Waals surface area contributed by atoms with Crippen molar-refractivity contribution in [2.24, 2.45) is 11.8 Å². The second kappa shape index (κ2) is 7.76. The minimum absolute atomic E-state index is 0.0187. The molecule has 5 rings (SSSR count). The number of rotatable bonds is 4. The van der Waals surface area contributed by atoms with Gasteiger partial charge in [0.25, 0.3) is 5.91 Å². The first kappa shape index (κ1) is 20.7. The molecule has 168 valence electrons. The second-order valence-corrected chi connectivity index (χ2v) is 9.29. The van der Waals surface area contributed by atoms with Gasteiger partial charge in [-0.25, -0.2) is 4.39 Å². The van der Waals surface area contributed by atoms with Crippen LogP contribution in [-0.2, 0) is 0 Å². The number of halogens is 1. The number of phenolic OH excluding ortho intramolecular Hbond substituents is 1. The normalized spacial score (nSPS) is 24.6. The number of amides is 1. The highest BCUT2D eigenvalue weighted by molar-refractivity contribution is 5.97. The molecule has 2 aliphatic rings. The van der Waals surface area contributed by atoms with Crippen molar-refractivity contribution in [2.75, 3.05) is 26.0 Å². The Morgan fingerprint density at radius 3 is 2.66 bits per heavy atom. The summed E-state index contributed by atoms with van der Waals surface area (Å²) in [5.41, 5.74) is 1.40. The summed E-state index contributed by atoms with van der Waals surface area (Å²) in [6, 6.07) is 8.20. The van der Waals surface area contributed by atoms with E-state index in [1.54, 1.807) is 44.4 Å². The van der Waals surface area contributed by atoms with E-state index in [1.807, 2.05) is 11.9 Å². The lowest BCUT2D eigenvalue weighted by atomic mass is 9.83. The molecule has 2 saturated carbocycles. The Balaban J connectivity index is 1.41. The summed E-state index contributed by atoms with van der Waals surface area (Å²) in [6.07, 6.45) is 3.12. The van der Waals surface area contributed by atoms with Crippen LogP contribution in [0.15, 0.2) is 34.7 Å². The van der Waals surface area contributed by atoms with E-state index in [1.165, 1.54) is 4.90 Å². The number of phenols is 1. The van der Waals surface area contributed by atoms with E-state index in [4.69, 9.17) is 4.42 Å². The first-order valence-corrected chi connectivity index (χ1v) is 11.0. The zero-order valence-corrected chi connectivity index (χ0v) is 18.5. The summed E-state index contributed by atoms with van der Waals surface area (Å²) in [5.74, 6) is 1.34. The zero-order chi connectivity index (χ0) is 22.6. The Morgan fingerprint density at radius 2 is 1.94 bits per heavy atom. The number of aromatic hydroxyl groups is 1. The van der Waals surface area contributed by atoms with Crippen LogP contribution in [0, 0.1) is 11.8 Å². The van der Waals surface area contributed by atoms with Crippen LogP contribution in [0.1, 0.15) is 36.2 Å². The third-order valence-electron chi connectivity index (χ3n) is 7.01. The molecule has 4 atom stereocenters. The fourth-order valence-corrected chi connectivity index (χ4v) is 5.21. The van der Waals surface area contributed by atoms with E-state index in [0.717, 1.165) is 25.7 Å². The van der Waals surface area contributed by atoms with Gasteiger partial charge in [-0.05, 0) is 67.9 Å². The van der Waals surface area contributed by atoms with Crippen molar-refractivity contribution < 1.29 is 18.7 Å². The van der Waals surface area contributed by atoms with Crippen LogP contribution >= 0.6 is 0 Å². The van der Waals surface area contributed by atoms with E-state index in [0.29, 0.717) is 34.0 Å². The standard InChI is InChI=1S/C24H27FN4O3/c1-28(2)24(31)21-11-15-10-19(30)16(12-20(15)32-21)17-6-7-22(27-26-17)29(3)18-9-13-4-5-14(8-13)23(18)25/h6-7,10-14,18,23,30H,4-5,8-9H2,1-3H3/t13-,14+,18+,23-/m0/s1. The van der Waals surface area contributed by atoms with Crippen molar-refractivity contribution >= 4 is 22.7 Å². The second-order valence-electron chi connectivity index (χ2n) is 9.29. The molecular formula is C24H27FN4O3. The van der Waals surface area contributed by atoms with Crippen molar-refractivity contribution in [3.05, 3.63) is 36.1 Å². The Labute approximate surface area is 185 Å². The van der Waals surface area contributed by atoms with Gasteiger partial charge in [-0.2, -0.15) is 0 Å². The largest absolute Gasteiger partial charge is 0.507 e. The van der Waals surface area contributed by atoms with E-state index >= 15 is 0 Å². The van der Waals surface area contributed by atoms with Crippen molar-refractivity contribution in [1.29, 1.82) is 0 Å². The minimum atomic E-state index is -0.843. The van der Waals surface area contributed by atoms with Crippen molar-refractivity contribution in [3.8, 4) is 17.0 Å². The van der Waals surface area contributed by atoms with E-state index in [9.17, 15) is 14.3 Å². The number of furan rings is 1. The molecule has 2 aliphatic carbocycles. The number of aromatic nitrogens is 2. The van der Waals surface area contributed by atoms with Crippen molar-refractivity contribution in [1.82, 2.24) is 15.1 Å². The lowest BCUT2D eigenvalue weighted by Gasteiger charge is -2.38. The highest BCUT2D eigenvalue weighted by atomic mass is 19.1. The quantitative estimate of drug-likeness (QED) is 0.655. The molecule has 32 heavy (non-hydrogen) atoms. The molecule has 1 aromatic carbocycles. The third-order valence-corrected chi connectivity index (χ3v) is 7.01. The molecule has 1 amide bonds. The summed E-state index contributed by atoms with van der Waals surface area (Å²) in [4.78, 5) is 15.5. The molecule has 2 bridgehead atoms. The summed E-state index contributed by atoms with van der Waals surface area (Å²) in [5, 5.41) is 19.8. The van der Waals surface area contributed by atoms with E-state index in [-0.39, 0.29) is 29.4 Å². The van der Waals surface area contributed by atoms with Crippen LogP contribution in [0.25, 0.3) is 22.2 Å². The predicted molar refractivity (Wildman–Crippen MR) is 119 cm³/mol. The maximum atomic E-state index is 15.0. The first-order valence-electron chi connectivity index (χ1n) is 11.0. The molecule has 0 aliphatic heterocycles. The predicted octanol–water partition coefficient (Wildman–Crippen LogP) is 4.26. The van der Waals surface area contributed by atoms with Gasteiger partial charge in [-0.3, -0.25) is 4.79 Å². The lowest BCUT2D eigenvalue weighted by Crippen LogP contribution is -2.46. The third kappa shape index (κ3) is 3.47. The summed E-state index contributed by atoms with van der Waals surface area (Å²) in [6.45, 7) is 0. The van der Waals surface area contributed by atoms with Crippen LogP contribution in [0.2, 0.25) is 0 Å². The van der Waals surface area contributed by atoms with Crippen LogP contribution in [0.3, 0.4) is 0 Å². The van der Waals surface area contributed by atoms with E-state index < -0.39 is 6.17 Å². The number of carbonyl (C=O) groups excluding carboxylic acids is 1. The van der Waals surface area contributed by atoms with Gasteiger partial charge in [0.2, 0.25) is 0 Å². The molecule has 2 aromatic heterocycles. The molecule has 1 N–H and O–H groups in total. The minimum Gasteiger partial charge on any atom is -0.507 e. The monoisotopic (exact) mass is 438 g/mol. The highest BCUT2D eigenvalue weighted by Gasteiger charge is 2.44. The van der Waals surface area contributed by atoms with Gasteiger partial charge >= 0.3 is 0 Å². The number of benzene rings is 1. The summed E-state index contributed by atoms with van der Waals surface area (Å²) < 4.78 is 20.7. The first-order chi connectivity index (χ1) is 15.3.